The third kappa shape index (κ3) is 4.37. The Kier molecular flexibility index (Phi) is 5.66. The van der Waals surface area contributed by atoms with E-state index in [-0.39, 0.29) is 0 Å². The summed E-state index contributed by atoms with van der Waals surface area (Å²) >= 11 is 1.48. The van der Waals surface area contributed by atoms with Crippen molar-refractivity contribution in [3.63, 3.8) is 0 Å². The van der Waals surface area contributed by atoms with Gasteiger partial charge in [0.1, 0.15) is 11.6 Å². The number of nitrogens with zero attached hydrogens (tertiary/aromatic N) is 6. The normalized spacial score (nSPS) is 17.2. The van der Waals surface area contributed by atoms with Crippen molar-refractivity contribution >= 4 is 17.6 Å². The number of thioether (sulfide) groups is 1. The molecule has 0 radical (unpaired) electrons. The van der Waals surface area contributed by atoms with E-state index in [0.717, 1.165) is 37.3 Å². The van der Waals surface area contributed by atoms with Gasteiger partial charge in [0.15, 0.2) is 11.0 Å². The molecular weight excluding hydrogens is 336 g/mol. The summed E-state index contributed by atoms with van der Waals surface area (Å²) in [6, 6.07) is 2.60. The summed E-state index contributed by atoms with van der Waals surface area (Å²) in [6.45, 7) is 4.18. The SMILES string of the molecule is CSc1ncc(C#N)c(N2CCCC(COc3ncc(C)cn3)C2)n1. The molecule has 3 heterocycles. The smallest absolute Gasteiger partial charge is 0.316 e. The molecule has 0 amide bonds. The van der Waals surface area contributed by atoms with Crippen LogP contribution in [-0.4, -0.2) is 45.9 Å². The first kappa shape index (κ1) is 17.4. The largest absolute Gasteiger partial charge is 0.463 e. The van der Waals surface area contributed by atoms with E-state index in [0.29, 0.717) is 29.3 Å². The van der Waals surface area contributed by atoms with Crippen molar-refractivity contribution in [2.24, 2.45) is 5.92 Å². The van der Waals surface area contributed by atoms with Crippen LogP contribution in [0.5, 0.6) is 6.01 Å². The van der Waals surface area contributed by atoms with Crippen molar-refractivity contribution in [1.29, 1.82) is 5.26 Å². The molecule has 1 atom stereocenters. The van der Waals surface area contributed by atoms with E-state index < -0.39 is 0 Å². The molecule has 2 aromatic heterocycles. The van der Waals surface area contributed by atoms with Crippen LogP contribution in [0.3, 0.4) is 0 Å². The van der Waals surface area contributed by atoms with Crippen LogP contribution in [0.4, 0.5) is 5.82 Å². The maximum Gasteiger partial charge on any atom is 0.316 e. The Morgan fingerprint density at radius 1 is 1.32 bits per heavy atom. The third-order valence-corrected chi connectivity index (χ3v) is 4.64. The minimum atomic E-state index is 0.345. The molecule has 0 aromatic carbocycles. The van der Waals surface area contributed by atoms with Crippen molar-refractivity contribution < 1.29 is 4.74 Å². The van der Waals surface area contributed by atoms with Gasteiger partial charge in [-0.05, 0) is 31.6 Å². The Labute approximate surface area is 151 Å². The quantitative estimate of drug-likeness (QED) is 0.596. The van der Waals surface area contributed by atoms with Crippen molar-refractivity contribution in [1.82, 2.24) is 19.9 Å². The van der Waals surface area contributed by atoms with Crippen molar-refractivity contribution in [3.8, 4) is 12.1 Å². The molecule has 130 valence electrons. The van der Waals surface area contributed by atoms with Gasteiger partial charge in [0.05, 0.1) is 12.8 Å². The highest BCUT2D eigenvalue weighted by Crippen LogP contribution is 2.26. The number of nitriles is 1. The second-order valence-electron chi connectivity index (χ2n) is 6.01. The molecule has 1 fully saturated rings. The van der Waals surface area contributed by atoms with Crippen molar-refractivity contribution in [3.05, 3.63) is 29.7 Å². The molecule has 1 aliphatic heterocycles. The van der Waals surface area contributed by atoms with E-state index in [1.54, 1.807) is 18.6 Å². The molecule has 2 aromatic rings. The predicted octanol–water partition coefficient (Wildman–Crippen LogP) is 2.46. The van der Waals surface area contributed by atoms with E-state index in [9.17, 15) is 5.26 Å². The number of rotatable bonds is 5. The van der Waals surface area contributed by atoms with Crippen LogP contribution in [-0.2, 0) is 0 Å². The lowest BCUT2D eigenvalue weighted by Gasteiger charge is -2.33. The molecule has 25 heavy (non-hydrogen) atoms. The van der Waals surface area contributed by atoms with Gasteiger partial charge in [0, 0.05) is 31.4 Å². The number of piperidine rings is 1. The van der Waals surface area contributed by atoms with E-state index in [2.05, 4.69) is 30.9 Å². The van der Waals surface area contributed by atoms with Crippen LogP contribution in [0.2, 0.25) is 0 Å². The number of aromatic nitrogens is 4. The first-order valence-corrected chi connectivity index (χ1v) is 9.39. The molecule has 8 heteroatoms. The summed E-state index contributed by atoms with van der Waals surface area (Å²) in [4.78, 5) is 19.2. The van der Waals surface area contributed by atoms with Crippen LogP contribution in [0.25, 0.3) is 0 Å². The van der Waals surface area contributed by atoms with Crippen LogP contribution < -0.4 is 9.64 Å². The van der Waals surface area contributed by atoms with Gasteiger partial charge in [-0.1, -0.05) is 11.8 Å². The fourth-order valence-electron chi connectivity index (χ4n) is 2.82. The minimum absolute atomic E-state index is 0.345. The highest BCUT2D eigenvalue weighted by atomic mass is 32.2. The van der Waals surface area contributed by atoms with Gasteiger partial charge in [-0.25, -0.2) is 19.9 Å². The standard InChI is InChI=1S/C17H20N6OS/c1-12-7-19-16(20-8-12)24-11-13-4-3-5-23(10-13)15-14(6-18)9-21-17(22-15)25-2/h7-9,13H,3-5,10-11H2,1-2H3. The maximum absolute atomic E-state index is 9.35. The molecule has 7 nitrogen and oxygen atoms in total. The highest BCUT2D eigenvalue weighted by molar-refractivity contribution is 7.98. The Hall–Kier alpha value is -2.40. The number of ether oxygens (including phenoxy) is 1. The van der Waals surface area contributed by atoms with Crippen LogP contribution in [0.15, 0.2) is 23.7 Å². The lowest BCUT2D eigenvalue weighted by Crippen LogP contribution is -2.38. The topological polar surface area (TPSA) is 87.8 Å². The second-order valence-corrected chi connectivity index (χ2v) is 6.79. The Balaban J connectivity index is 1.67. The van der Waals surface area contributed by atoms with Crippen LogP contribution >= 0.6 is 11.8 Å². The highest BCUT2D eigenvalue weighted by Gasteiger charge is 2.24. The Morgan fingerprint density at radius 2 is 2.12 bits per heavy atom. The summed E-state index contributed by atoms with van der Waals surface area (Å²) in [5, 5.41) is 10.0. The van der Waals surface area contributed by atoms with E-state index in [4.69, 9.17) is 4.74 Å². The molecule has 1 saturated heterocycles. The minimum Gasteiger partial charge on any atom is -0.463 e. The molecule has 0 bridgehead atoms. The van der Waals surface area contributed by atoms with Crippen molar-refractivity contribution in [2.45, 2.75) is 24.9 Å². The van der Waals surface area contributed by atoms with Crippen LogP contribution in [0, 0.1) is 24.2 Å². The molecule has 0 saturated carbocycles. The summed E-state index contributed by atoms with van der Waals surface area (Å²) in [5.41, 5.74) is 1.52. The number of aryl methyl sites for hydroxylation is 1. The Bertz CT molecular complexity index is 761. The summed E-state index contributed by atoms with van der Waals surface area (Å²) in [7, 11) is 0. The first-order chi connectivity index (χ1) is 12.2. The van der Waals surface area contributed by atoms with Gasteiger partial charge in [0.25, 0.3) is 0 Å². The third-order valence-electron chi connectivity index (χ3n) is 4.07. The fraction of sp³-hybridized carbons (Fsp3) is 0.471. The number of anilines is 1. The average Bonchev–Trinajstić information content (AvgIpc) is 2.67. The van der Waals surface area contributed by atoms with Gasteiger partial charge in [-0.2, -0.15) is 5.26 Å². The predicted molar refractivity (Wildman–Crippen MR) is 95.7 cm³/mol. The molecular formula is C17H20N6OS. The monoisotopic (exact) mass is 356 g/mol. The van der Waals surface area contributed by atoms with Gasteiger partial charge in [-0.15, -0.1) is 0 Å². The van der Waals surface area contributed by atoms with E-state index in [1.807, 2.05) is 13.2 Å². The lowest BCUT2D eigenvalue weighted by atomic mass is 9.99. The van der Waals surface area contributed by atoms with E-state index in [1.165, 1.54) is 11.8 Å². The molecule has 1 unspecified atom stereocenters. The zero-order chi connectivity index (χ0) is 17.6. The first-order valence-electron chi connectivity index (χ1n) is 8.17. The van der Waals surface area contributed by atoms with Gasteiger partial charge in [-0.3, -0.25) is 0 Å². The van der Waals surface area contributed by atoms with Gasteiger partial charge >= 0.3 is 6.01 Å². The Morgan fingerprint density at radius 3 is 2.84 bits per heavy atom. The van der Waals surface area contributed by atoms with Gasteiger partial charge in [0.2, 0.25) is 0 Å². The molecule has 1 aliphatic rings. The molecule has 0 aliphatic carbocycles. The zero-order valence-electron chi connectivity index (χ0n) is 14.3. The van der Waals surface area contributed by atoms with Crippen LogP contribution in [0.1, 0.15) is 24.0 Å². The van der Waals surface area contributed by atoms with E-state index >= 15 is 0 Å². The fourth-order valence-corrected chi connectivity index (χ4v) is 3.15. The summed E-state index contributed by atoms with van der Waals surface area (Å²) in [5.74, 6) is 1.07. The average molecular weight is 356 g/mol. The summed E-state index contributed by atoms with van der Waals surface area (Å²) < 4.78 is 5.74. The van der Waals surface area contributed by atoms with Crippen molar-refractivity contribution in [2.75, 3.05) is 30.9 Å². The zero-order valence-corrected chi connectivity index (χ0v) is 15.2. The number of hydrogen-bond donors (Lipinski definition) is 0. The molecule has 0 spiro atoms. The lowest BCUT2D eigenvalue weighted by molar-refractivity contribution is 0.213. The molecule has 0 N–H and O–H groups in total. The van der Waals surface area contributed by atoms with Gasteiger partial charge < -0.3 is 9.64 Å². The summed E-state index contributed by atoms with van der Waals surface area (Å²) in [6.07, 6.45) is 9.14. The number of hydrogen-bond acceptors (Lipinski definition) is 8. The maximum atomic E-state index is 9.35. The molecule has 3 rings (SSSR count). The second kappa shape index (κ2) is 8.12.